The topological polar surface area (TPSA) is 58.6 Å². The molecule has 1 aliphatic heterocycles. The van der Waals surface area contributed by atoms with Gasteiger partial charge in [-0.2, -0.15) is 0 Å². The summed E-state index contributed by atoms with van der Waals surface area (Å²) in [4.78, 5) is 11.6. The van der Waals surface area contributed by atoms with Gasteiger partial charge in [0.2, 0.25) is 5.91 Å². The van der Waals surface area contributed by atoms with Gasteiger partial charge in [-0.05, 0) is 38.5 Å². The summed E-state index contributed by atoms with van der Waals surface area (Å²) in [6.07, 6.45) is 6.47. The molecule has 2 rings (SSSR count). The van der Waals surface area contributed by atoms with Crippen LogP contribution < -0.4 is 5.32 Å². The van der Waals surface area contributed by atoms with Crippen LogP contribution in [0.5, 0.6) is 0 Å². The third-order valence-corrected chi connectivity index (χ3v) is 3.59. The maximum Gasteiger partial charge on any atom is 0.222 e. The van der Waals surface area contributed by atoms with Crippen molar-refractivity contribution in [3.05, 3.63) is 0 Å². The minimum atomic E-state index is -0.622. The summed E-state index contributed by atoms with van der Waals surface area (Å²) in [7, 11) is 0. The Labute approximate surface area is 96.4 Å². The first-order valence-electron chi connectivity index (χ1n) is 6.29. The van der Waals surface area contributed by atoms with Crippen LogP contribution >= 0.6 is 0 Å². The Morgan fingerprint density at radius 1 is 1.38 bits per heavy atom. The Morgan fingerprint density at radius 2 is 2.19 bits per heavy atom. The summed E-state index contributed by atoms with van der Waals surface area (Å²) in [5, 5.41) is 12.6. The first-order valence-corrected chi connectivity index (χ1v) is 6.29. The molecule has 0 aromatic heterocycles. The van der Waals surface area contributed by atoms with E-state index >= 15 is 0 Å². The SMILES string of the molecule is O=C(CC1CCCCO1)NCC1(O)CCC1. The van der Waals surface area contributed by atoms with Crippen molar-refractivity contribution in [2.45, 2.75) is 56.7 Å². The molecule has 1 amide bonds. The van der Waals surface area contributed by atoms with Crippen molar-refractivity contribution < 1.29 is 14.6 Å². The van der Waals surface area contributed by atoms with Gasteiger partial charge in [-0.25, -0.2) is 0 Å². The Balaban J connectivity index is 1.63. The van der Waals surface area contributed by atoms with E-state index in [4.69, 9.17) is 4.74 Å². The number of hydrogen-bond acceptors (Lipinski definition) is 3. The first-order chi connectivity index (χ1) is 7.68. The van der Waals surface area contributed by atoms with E-state index in [2.05, 4.69) is 5.32 Å². The van der Waals surface area contributed by atoms with Crippen molar-refractivity contribution in [1.82, 2.24) is 5.32 Å². The molecular formula is C12H21NO3. The average Bonchev–Trinajstić information content (AvgIpc) is 2.25. The van der Waals surface area contributed by atoms with E-state index in [0.717, 1.165) is 45.1 Å². The molecule has 4 heteroatoms. The lowest BCUT2D eigenvalue weighted by Crippen LogP contribution is -2.48. The van der Waals surface area contributed by atoms with Crippen molar-refractivity contribution >= 4 is 5.91 Å². The van der Waals surface area contributed by atoms with Crippen molar-refractivity contribution in [2.24, 2.45) is 0 Å². The molecule has 0 radical (unpaired) electrons. The molecule has 2 aliphatic rings. The van der Waals surface area contributed by atoms with Crippen molar-refractivity contribution in [1.29, 1.82) is 0 Å². The summed E-state index contributed by atoms with van der Waals surface area (Å²) < 4.78 is 5.50. The highest BCUT2D eigenvalue weighted by Crippen LogP contribution is 2.30. The molecule has 1 aliphatic carbocycles. The van der Waals surface area contributed by atoms with Gasteiger partial charge in [0.1, 0.15) is 0 Å². The van der Waals surface area contributed by atoms with Crippen LogP contribution in [0.1, 0.15) is 44.9 Å². The minimum Gasteiger partial charge on any atom is -0.388 e. The van der Waals surface area contributed by atoms with Gasteiger partial charge in [0.25, 0.3) is 0 Å². The van der Waals surface area contributed by atoms with Crippen LogP contribution in [0, 0.1) is 0 Å². The average molecular weight is 227 g/mol. The van der Waals surface area contributed by atoms with Gasteiger partial charge in [-0.1, -0.05) is 0 Å². The standard InChI is InChI=1S/C12H21NO3/c14-11(8-10-4-1-2-7-16-10)13-9-12(15)5-3-6-12/h10,15H,1-9H2,(H,13,14). The number of nitrogens with one attached hydrogen (secondary N) is 1. The fraction of sp³-hybridized carbons (Fsp3) is 0.917. The van der Waals surface area contributed by atoms with Crippen LogP contribution in [-0.2, 0) is 9.53 Å². The summed E-state index contributed by atoms with van der Waals surface area (Å²) in [6.45, 7) is 1.18. The predicted octanol–water partition coefficient (Wildman–Crippen LogP) is 0.977. The maximum atomic E-state index is 11.6. The number of carbonyl (C=O) groups is 1. The van der Waals surface area contributed by atoms with Crippen LogP contribution in [-0.4, -0.2) is 35.9 Å². The molecule has 92 valence electrons. The van der Waals surface area contributed by atoms with Gasteiger partial charge in [-0.15, -0.1) is 0 Å². The van der Waals surface area contributed by atoms with Crippen LogP contribution in [0.2, 0.25) is 0 Å². The molecule has 1 heterocycles. The second-order valence-corrected chi connectivity index (χ2v) is 5.05. The number of rotatable bonds is 4. The fourth-order valence-electron chi connectivity index (χ4n) is 2.27. The third kappa shape index (κ3) is 3.19. The summed E-state index contributed by atoms with van der Waals surface area (Å²) in [6, 6.07) is 0. The highest BCUT2D eigenvalue weighted by atomic mass is 16.5. The van der Waals surface area contributed by atoms with E-state index in [1.165, 1.54) is 0 Å². The summed E-state index contributed by atoms with van der Waals surface area (Å²) in [5.41, 5.74) is -0.622. The number of hydrogen-bond donors (Lipinski definition) is 2. The molecule has 0 bridgehead atoms. The van der Waals surface area contributed by atoms with Crippen molar-refractivity contribution in [3.63, 3.8) is 0 Å². The molecule has 1 saturated carbocycles. The Kier molecular flexibility index (Phi) is 3.82. The smallest absolute Gasteiger partial charge is 0.222 e. The van der Waals surface area contributed by atoms with Crippen LogP contribution in [0.4, 0.5) is 0 Å². The van der Waals surface area contributed by atoms with Gasteiger partial charge in [0.15, 0.2) is 0 Å². The quantitative estimate of drug-likeness (QED) is 0.752. The number of ether oxygens (including phenoxy) is 1. The molecule has 1 atom stereocenters. The monoisotopic (exact) mass is 227 g/mol. The number of amides is 1. The van der Waals surface area contributed by atoms with Crippen molar-refractivity contribution in [3.8, 4) is 0 Å². The lowest BCUT2D eigenvalue weighted by molar-refractivity contribution is -0.127. The third-order valence-electron chi connectivity index (χ3n) is 3.59. The van der Waals surface area contributed by atoms with Gasteiger partial charge in [0.05, 0.1) is 18.1 Å². The molecule has 0 aromatic rings. The fourth-order valence-corrected chi connectivity index (χ4v) is 2.27. The van der Waals surface area contributed by atoms with Gasteiger partial charge >= 0.3 is 0 Å². The normalized spacial score (nSPS) is 28.2. The Bertz CT molecular complexity index is 245. The molecule has 2 fully saturated rings. The van der Waals surface area contributed by atoms with Gasteiger partial charge < -0.3 is 15.2 Å². The molecule has 1 saturated heterocycles. The van der Waals surface area contributed by atoms with Crippen LogP contribution in [0.25, 0.3) is 0 Å². The highest BCUT2D eigenvalue weighted by molar-refractivity contribution is 5.76. The van der Waals surface area contributed by atoms with Gasteiger partial charge in [0, 0.05) is 13.2 Å². The van der Waals surface area contributed by atoms with E-state index in [9.17, 15) is 9.90 Å². The maximum absolute atomic E-state index is 11.6. The van der Waals surface area contributed by atoms with E-state index in [0.29, 0.717) is 13.0 Å². The number of aliphatic hydroxyl groups is 1. The van der Waals surface area contributed by atoms with Crippen LogP contribution in [0.15, 0.2) is 0 Å². The first kappa shape index (κ1) is 11.9. The zero-order valence-corrected chi connectivity index (χ0v) is 9.71. The molecule has 2 N–H and O–H groups in total. The Hall–Kier alpha value is -0.610. The summed E-state index contributed by atoms with van der Waals surface area (Å²) >= 11 is 0. The lowest BCUT2D eigenvalue weighted by atomic mass is 9.80. The predicted molar refractivity (Wildman–Crippen MR) is 60.0 cm³/mol. The summed E-state index contributed by atoms with van der Waals surface area (Å²) in [5.74, 6) is 0.00669. The number of carbonyl (C=O) groups excluding carboxylic acids is 1. The zero-order chi connectivity index (χ0) is 11.4. The molecule has 1 unspecified atom stereocenters. The highest BCUT2D eigenvalue weighted by Gasteiger charge is 2.34. The second-order valence-electron chi connectivity index (χ2n) is 5.05. The molecule has 16 heavy (non-hydrogen) atoms. The molecular weight excluding hydrogens is 206 g/mol. The van der Waals surface area contributed by atoms with Crippen LogP contribution in [0.3, 0.4) is 0 Å². The second kappa shape index (κ2) is 5.15. The van der Waals surface area contributed by atoms with E-state index in [1.807, 2.05) is 0 Å². The molecule has 0 spiro atoms. The van der Waals surface area contributed by atoms with E-state index in [1.54, 1.807) is 0 Å². The van der Waals surface area contributed by atoms with Gasteiger partial charge in [-0.3, -0.25) is 4.79 Å². The minimum absolute atomic E-state index is 0.00669. The molecule has 0 aromatic carbocycles. The zero-order valence-electron chi connectivity index (χ0n) is 9.71. The van der Waals surface area contributed by atoms with Crippen molar-refractivity contribution in [2.75, 3.05) is 13.2 Å². The largest absolute Gasteiger partial charge is 0.388 e. The van der Waals surface area contributed by atoms with E-state index < -0.39 is 5.60 Å². The molecule has 4 nitrogen and oxygen atoms in total. The lowest BCUT2D eigenvalue weighted by Gasteiger charge is -2.36. The Morgan fingerprint density at radius 3 is 2.75 bits per heavy atom. The van der Waals surface area contributed by atoms with E-state index in [-0.39, 0.29) is 12.0 Å².